The first-order valence-electron chi connectivity index (χ1n) is 15.0. The van der Waals surface area contributed by atoms with Crippen molar-refractivity contribution in [2.45, 2.75) is 69.2 Å². The second kappa shape index (κ2) is 11.9. The minimum atomic E-state index is -3.58. The summed E-state index contributed by atoms with van der Waals surface area (Å²) in [6.45, 7) is 5.17. The van der Waals surface area contributed by atoms with Gasteiger partial charge in [0.2, 0.25) is 14.3 Å². The third-order valence-corrected chi connectivity index (χ3v) is 12.8. The van der Waals surface area contributed by atoms with Crippen LogP contribution in [-0.4, -0.2) is 53.9 Å². The van der Waals surface area contributed by atoms with Crippen molar-refractivity contribution in [2.75, 3.05) is 11.5 Å². The van der Waals surface area contributed by atoms with Crippen LogP contribution in [0.15, 0.2) is 66.7 Å². The van der Waals surface area contributed by atoms with Gasteiger partial charge in [0.15, 0.2) is 5.60 Å². The summed E-state index contributed by atoms with van der Waals surface area (Å²) in [6.07, 6.45) is -0.616. The van der Waals surface area contributed by atoms with Crippen molar-refractivity contribution in [3.05, 3.63) is 103 Å². The predicted octanol–water partition coefficient (Wildman–Crippen LogP) is 5.86. The van der Waals surface area contributed by atoms with E-state index in [1.165, 1.54) is 12.1 Å². The third kappa shape index (κ3) is 5.49. The zero-order valence-corrected chi connectivity index (χ0v) is 28.4. The standard InChI is InChI=1S/C33H35FIN3O6Si/c1-20-31(45(2,3)34)29(16-30(40)36-18-23-7-5-4-6-22(23)14-26(36)19-39)44-33(20)27-15-25(38(42)43)12-13-28(27)37(32(33)41)17-21-8-10-24(35)11-9-21/h4-13,15,20,26,29,31,39H,14,16-19H2,1-3H3/t20-,26+,29+,31-,33+/m1/s1. The van der Waals surface area contributed by atoms with Gasteiger partial charge in [-0.3, -0.25) is 19.7 Å². The van der Waals surface area contributed by atoms with Gasteiger partial charge in [-0.05, 0) is 77.0 Å². The highest BCUT2D eigenvalue weighted by Crippen LogP contribution is 2.60. The number of amides is 2. The number of benzene rings is 3. The van der Waals surface area contributed by atoms with Gasteiger partial charge in [0, 0.05) is 39.3 Å². The number of anilines is 1. The number of nitro groups is 1. The third-order valence-electron chi connectivity index (χ3n) is 9.67. The molecule has 1 N–H and O–H groups in total. The van der Waals surface area contributed by atoms with Gasteiger partial charge in [-0.15, -0.1) is 0 Å². The topological polar surface area (TPSA) is 113 Å². The van der Waals surface area contributed by atoms with Crippen LogP contribution < -0.4 is 4.90 Å². The monoisotopic (exact) mass is 743 g/mol. The van der Waals surface area contributed by atoms with Crippen molar-refractivity contribution in [1.82, 2.24) is 4.90 Å². The molecular weight excluding hydrogens is 708 g/mol. The van der Waals surface area contributed by atoms with Gasteiger partial charge < -0.3 is 23.8 Å². The van der Waals surface area contributed by atoms with Gasteiger partial charge in [-0.2, -0.15) is 0 Å². The van der Waals surface area contributed by atoms with Crippen molar-refractivity contribution < 1.29 is 28.5 Å². The highest BCUT2D eigenvalue weighted by atomic mass is 127. The molecule has 2 amide bonds. The summed E-state index contributed by atoms with van der Waals surface area (Å²) >= 11 is 2.20. The minimum absolute atomic E-state index is 0.176. The van der Waals surface area contributed by atoms with E-state index in [4.69, 9.17) is 4.74 Å². The van der Waals surface area contributed by atoms with Crippen LogP contribution in [0.1, 0.15) is 35.6 Å². The van der Waals surface area contributed by atoms with E-state index in [9.17, 15) is 24.8 Å². The highest BCUT2D eigenvalue weighted by molar-refractivity contribution is 14.1. The fourth-order valence-corrected chi connectivity index (χ4v) is 10.5. The zero-order valence-electron chi connectivity index (χ0n) is 25.3. The Kier molecular flexibility index (Phi) is 8.38. The number of nitro benzene ring substituents is 1. The largest absolute Gasteiger partial charge is 0.394 e. The number of halogens is 2. The Morgan fingerprint density at radius 1 is 1.16 bits per heavy atom. The molecule has 3 aromatic rings. The van der Waals surface area contributed by atoms with Crippen molar-refractivity contribution in [1.29, 1.82) is 0 Å². The summed E-state index contributed by atoms with van der Waals surface area (Å²) in [4.78, 5) is 43.1. The number of non-ortho nitro benzene ring substituents is 1. The second-order valence-corrected chi connectivity index (χ2v) is 17.8. The summed E-state index contributed by atoms with van der Waals surface area (Å²) in [5.41, 5.74) is 1.09. The molecule has 236 valence electrons. The Morgan fingerprint density at radius 3 is 2.49 bits per heavy atom. The maximum Gasteiger partial charge on any atom is 0.269 e. The number of carbonyl (C=O) groups is 2. The minimum Gasteiger partial charge on any atom is -0.394 e. The molecule has 0 unspecified atom stereocenters. The number of fused-ring (bicyclic) bond motifs is 3. The molecule has 45 heavy (non-hydrogen) atoms. The summed E-state index contributed by atoms with van der Waals surface area (Å²) in [6, 6.07) is 19.3. The molecule has 1 fully saturated rings. The quantitative estimate of drug-likeness (QED) is 0.107. The number of hydrogen-bond donors (Lipinski definition) is 1. The summed E-state index contributed by atoms with van der Waals surface area (Å²) < 4.78 is 24.0. The van der Waals surface area contributed by atoms with Gasteiger partial charge in [-0.25, -0.2) is 0 Å². The maximum atomic E-state index is 16.3. The number of carbonyl (C=O) groups excluding carboxylic acids is 2. The Balaban J connectivity index is 1.38. The number of aliphatic hydroxyl groups is 1. The molecule has 1 saturated heterocycles. The van der Waals surface area contributed by atoms with E-state index in [0.717, 1.165) is 20.3 Å². The van der Waals surface area contributed by atoms with Crippen LogP contribution in [0.25, 0.3) is 0 Å². The first-order chi connectivity index (χ1) is 21.3. The number of rotatable bonds is 7. The number of nitrogens with zero attached hydrogens (tertiary/aromatic N) is 3. The average Bonchev–Trinajstić information content (AvgIpc) is 3.43. The fourth-order valence-electron chi connectivity index (χ4n) is 7.61. The van der Waals surface area contributed by atoms with Gasteiger partial charge in [0.25, 0.3) is 11.6 Å². The van der Waals surface area contributed by atoms with Crippen LogP contribution in [0.3, 0.4) is 0 Å². The van der Waals surface area contributed by atoms with Gasteiger partial charge in [0.05, 0.1) is 42.3 Å². The average molecular weight is 744 g/mol. The highest BCUT2D eigenvalue weighted by Gasteiger charge is 2.67. The molecule has 1 spiro atoms. The van der Waals surface area contributed by atoms with Crippen LogP contribution in [0.2, 0.25) is 18.6 Å². The van der Waals surface area contributed by atoms with Crippen molar-refractivity contribution in [3.8, 4) is 0 Å². The molecule has 3 aliphatic rings. The molecule has 0 radical (unpaired) electrons. The molecular formula is C33H35FIN3O6Si. The predicted molar refractivity (Wildman–Crippen MR) is 178 cm³/mol. The van der Waals surface area contributed by atoms with E-state index in [1.807, 2.05) is 48.5 Å². The first kappa shape index (κ1) is 31.8. The molecule has 0 bridgehead atoms. The van der Waals surface area contributed by atoms with Gasteiger partial charge in [0.1, 0.15) is 0 Å². The Labute approximate surface area is 275 Å². The second-order valence-electron chi connectivity index (χ2n) is 12.8. The SMILES string of the molecule is C[C@@H]1[C@@H]([Si](C)(C)F)[C@H](CC(=O)N2Cc3ccccc3C[C@H]2CO)O[C@@]12C(=O)N(Cc1ccc(I)cc1)c1ccc([N+](=O)[O-])cc12. The fraction of sp³-hybridized carbons (Fsp3) is 0.394. The zero-order chi connectivity index (χ0) is 32.3. The lowest BCUT2D eigenvalue weighted by molar-refractivity contribution is -0.385. The van der Waals surface area contributed by atoms with E-state index in [0.29, 0.717) is 24.2 Å². The van der Waals surface area contributed by atoms with E-state index in [1.54, 1.807) is 35.9 Å². The number of ether oxygens (including phenoxy) is 1. The normalized spacial score (nSPS) is 25.9. The van der Waals surface area contributed by atoms with E-state index in [-0.39, 0.29) is 31.2 Å². The van der Waals surface area contributed by atoms with Crippen LogP contribution in [0.5, 0.6) is 0 Å². The summed E-state index contributed by atoms with van der Waals surface area (Å²) in [5, 5.41) is 22.1. The molecule has 3 aliphatic heterocycles. The maximum absolute atomic E-state index is 16.3. The first-order valence-corrected chi connectivity index (χ1v) is 19.1. The van der Waals surface area contributed by atoms with Crippen LogP contribution in [0.4, 0.5) is 15.5 Å². The molecule has 9 nitrogen and oxygen atoms in total. The van der Waals surface area contributed by atoms with Crippen LogP contribution >= 0.6 is 22.6 Å². The van der Waals surface area contributed by atoms with E-state index >= 15 is 4.11 Å². The molecule has 5 atom stereocenters. The van der Waals surface area contributed by atoms with Crippen LogP contribution in [0, 0.1) is 19.6 Å². The smallest absolute Gasteiger partial charge is 0.269 e. The molecule has 3 heterocycles. The number of hydrogen-bond acceptors (Lipinski definition) is 6. The molecule has 0 saturated carbocycles. The Hall–Kier alpha value is -3.20. The Bertz CT molecular complexity index is 1670. The number of aliphatic hydroxyl groups excluding tert-OH is 1. The molecule has 12 heteroatoms. The molecule has 0 aliphatic carbocycles. The lowest BCUT2D eigenvalue weighted by atomic mass is 9.82. The molecule has 0 aromatic heterocycles. The molecule has 6 rings (SSSR count). The summed E-state index contributed by atoms with van der Waals surface area (Å²) in [7, 11) is -3.58. The summed E-state index contributed by atoms with van der Waals surface area (Å²) in [5.74, 6) is -1.41. The van der Waals surface area contributed by atoms with E-state index in [2.05, 4.69) is 22.6 Å². The lowest BCUT2D eigenvalue weighted by Gasteiger charge is -2.37. The van der Waals surface area contributed by atoms with Gasteiger partial charge >= 0.3 is 0 Å². The molecule has 3 aromatic carbocycles. The Morgan fingerprint density at radius 2 is 1.84 bits per heavy atom. The van der Waals surface area contributed by atoms with Crippen molar-refractivity contribution in [2.24, 2.45) is 5.92 Å². The van der Waals surface area contributed by atoms with Crippen molar-refractivity contribution in [3.63, 3.8) is 0 Å². The lowest BCUT2D eigenvalue weighted by Crippen LogP contribution is -2.48. The van der Waals surface area contributed by atoms with Crippen LogP contribution in [-0.2, 0) is 39.4 Å². The van der Waals surface area contributed by atoms with E-state index < -0.39 is 48.4 Å². The van der Waals surface area contributed by atoms with Gasteiger partial charge in [-0.1, -0.05) is 43.3 Å². The van der Waals surface area contributed by atoms with Crippen molar-refractivity contribution >= 4 is 54.2 Å².